The highest BCUT2D eigenvalue weighted by atomic mass is 35.5. The van der Waals surface area contributed by atoms with E-state index < -0.39 is 21.7 Å². The lowest BCUT2D eigenvalue weighted by molar-refractivity contribution is 0.461. The van der Waals surface area contributed by atoms with Gasteiger partial charge in [0.1, 0.15) is 4.90 Å². The van der Waals surface area contributed by atoms with Gasteiger partial charge in [-0.05, 0) is 30.3 Å². The first kappa shape index (κ1) is 14.1. The normalized spacial score (nSPS) is 11.3. The van der Waals surface area contributed by atoms with Crippen LogP contribution in [0.4, 0.5) is 4.39 Å². The monoisotopic (exact) mass is 320 g/mol. The fraction of sp³-hybridized carbons (Fsp3) is 0. The largest absolute Gasteiger partial charge is 0.376 e. The van der Waals surface area contributed by atoms with Crippen LogP contribution in [0.25, 0.3) is 0 Å². The van der Waals surface area contributed by atoms with Crippen LogP contribution in [0, 0.1) is 5.82 Å². The molecule has 0 aliphatic rings. The third kappa shape index (κ3) is 3.37. The van der Waals surface area contributed by atoms with Crippen molar-refractivity contribution >= 4 is 33.3 Å². The molecule has 2 aromatic rings. The van der Waals surface area contributed by atoms with E-state index >= 15 is 0 Å². The summed E-state index contributed by atoms with van der Waals surface area (Å²) in [5.41, 5.74) is 0. The van der Waals surface area contributed by atoms with E-state index in [1.807, 2.05) is 0 Å². The highest BCUT2D eigenvalue weighted by Gasteiger charge is 2.19. The second-order valence-corrected chi connectivity index (χ2v) is 5.99. The minimum absolute atomic E-state index is 0.142. The molecule has 0 saturated heterocycles. The minimum atomic E-state index is -4.19. The molecular weight excluding hydrogens is 314 g/mol. The lowest BCUT2D eigenvalue weighted by Gasteiger charge is -2.08. The topological polar surface area (TPSA) is 43.4 Å². The molecule has 2 rings (SSSR count). The third-order valence-corrected chi connectivity index (χ3v) is 3.81. The van der Waals surface area contributed by atoms with Crippen LogP contribution in [-0.4, -0.2) is 8.42 Å². The summed E-state index contributed by atoms with van der Waals surface area (Å²) < 4.78 is 42.0. The third-order valence-electron chi connectivity index (χ3n) is 2.16. The molecule has 2 aromatic carbocycles. The summed E-state index contributed by atoms with van der Waals surface area (Å²) in [4.78, 5) is -0.242. The van der Waals surface area contributed by atoms with Crippen LogP contribution in [0.5, 0.6) is 5.75 Å². The molecule has 19 heavy (non-hydrogen) atoms. The Morgan fingerprint density at radius 2 is 1.58 bits per heavy atom. The van der Waals surface area contributed by atoms with Crippen molar-refractivity contribution in [1.29, 1.82) is 0 Å². The van der Waals surface area contributed by atoms with Gasteiger partial charge in [-0.1, -0.05) is 35.3 Å². The van der Waals surface area contributed by atoms with Crippen molar-refractivity contribution in [3.05, 3.63) is 58.3 Å². The van der Waals surface area contributed by atoms with Gasteiger partial charge in [0.25, 0.3) is 0 Å². The van der Waals surface area contributed by atoms with Gasteiger partial charge in [-0.3, -0.25) is 0 Å². The predicted octanol–water partition coefficient (Wildman–Crippen LogP) is 3.90. The molecule has 0 atom stereocenters. The Morgan fingerprint density at radius 1 is 1.00 bits per heavy atom. The van der Waals surface area contributed by atoms with Gasteiger partial charge < -0.3 is 4.18 Å². The number of halogens is 3. The number of para-hydroxylation sites is 1. The molecule has 100 valence electrons. The molecular formula is C12H7Cl2FO3S. The van der Waals surface area contributed by atoms with Crippen molar-refractivity contribution in [1.82, 2.24) is 0 Å². The number of hydrogen-bond donors (Lipinski definition) is 0. The van der Waals surface area contributed by atoms with Gasteiger partial charge in [0, 0.05) is 10.0 Å². The molecule has 3 nitrogen and oxygen atoms in total. The Balaban J connectivity index is 2.41. The van der Waals surface area contributed by atoms with Crippen LogP contribution in [0.2, 0.25) is 10.0 Å². The van der Waals surface area contributed by atoms with Crippen molar-refractivity contribution < 1.29 is 17.0 Å². The quantitative estimate of drug-likeness (QED) is 0.805. The van der Waals surface area contributed by atoms with E-state index in [9.17, 15) is 12.8 Å². The molecule has 0 amide bonds. The van der Waals surface area contributed by atoms with Crippen molar-refractivity contribution in [2.45, 2.75) is 4.90 Å². The van der Waals surface area contributed by atoms with Gasteiger partial charge in [0.2, 0.25) is 0 Å². The second-order valence-electron chi connectivity index (χ2n) is 3.57. The first-order valence-electron chi connectivity index (χ1n) is 5.03. The number of rotatable bonds is 3. The summed E-state index contributed by atoms with van der Waals surface area (Å²) in [7, 11) is -4.19. The van der Waals surface area contributed by atoms with Crippen LogP contribution < -0.4 is 4.18 Å². The molecule has 0 spiro atoms. The molecule has 0 aromatic heterocycles. The molecule has 0 heterocycles. The molecule has 0 fully saturated rings. The van der Waals surface area contributed by atoms with Gasteiger partial charge >= 0.3 is 10.1 Å². The summed E-state index contributed by atoms with van der Waals surface area (Å²) in [6.07, 6.45) is 0. The first-order valence-corrected chi connectivity index (χ1v) is 7.20. The number of benzene rings is 2. The maximum Gasteiger partial charge on any atom is 0.339 e. The van der Waals surface area contributed by atoms with Crippen LogP contribution in [0.3, 0.4) is 0 Å². The fourth-order valence-electron chi connectivity index (χ4n) is 1.35. The maximum atomic E-state index is 13.4. The van der Waals surface area contributed by atoms with E-state index in [2.05, 4.69) is 0 Å². The van der Waals surface area contributed by atoms with Crippen LogP contribution >= 0.6 is 23.2 Å². The van der Waals surface area contributed by atoms with E-state index in [1.54, 1.807) is 0 Å². The van der Waals surface area contributed by atoms with E-state index in [-0.39, 0.29) is 14.9 Å². The Morgan fingerprint density at radius 3 is 2.16 bits per heavy atom. The van der Waals surface area contributed by atoms with Crippen LogP contribution in [0.1, 0.15) is 0 Å². The average Bonchev–Trinajstić information content (AvgIpc) is 2.31. The molecule has 0 aliphatic heterocycles. The molecule has 0 unspecified atom stereocenters. The molecule has 0 aliphatic carbocycles. The van der Waals surface area contributed by atoms with Crippen molar-refractivity contribution in [2.24, 2.45) is 0 Å². The molecule has 0 saturated carbocycles. The Bertz CT molecular complexity index is 696. The fourth-order valence-corrected chi connectivity index (χ4v) is 3.02. The first-order chi connectivity index (χ1) is 8.88. The second kappa shape index (κ2) is 5.36. The van der Waals surface area contributed by atoms with Crippen LogP contribution in [0.15, 0.2) is 47.4 Å². The zero-order chi connectivity index (χ0) is 14.0. The standard InChI is InChI=1S/C12H7Cl2FO3S/c13-8-5-9(14)7-10(6-8)19(16,17)18-12-4-2-1-3-11(12)15/h1-7H. The SMILES string of the molecule is O=S(=O)(Oc1ccccc1F)c1cc(Cl)cc(Cl)c1. The Kier molecular flexibility index (Phi) is 3.99. The van der Waals surface area contributed by atoms with Gasteiger partial charge in [0.15, 0.2) is 11.6 Å². The zero-order valence-electron chi connectivity index (χ0n) is 9.31. The van der Waals surface area contributed by atoms with E-state index in [0.29, 0.717) is 0 Å². The summed E-state index contributed by atoms with van der Waals surface area (Å²) in [5, 5.41) is 0.284. The Labute approximate surface area is 119 Å². The number of hydrogen-bond acceptors (Lipinski definition) is 3. The summed E-state index contributed by atoms with van der Waals surface area (Å²) in [6.45, 7) is 0. The average molecular weight is 321 g/mol. The maximum absolute atomic E-state index is 13.4. The lowest BCUT2D eigenvalue weighted by atomic mass is 10.3. The molecule has 0 bridgehead atoms. The van der Waals surface area contributed by atoms with Gasteiger partial charge in [-0.15, -0.1) is 0 Å². The molecule has 0 radical (unpaired) electrons. The highest BCUT2D eigenvalue weighted by molar-refractivity contribution is 7.87. The predicted molar refractivity (Wildman–Crippen MR) is 70.7 cm³/mol. The summed E-state index contributed by atoms with van der Waals surface area (Å²) >= 11 is 11.4. The van der Waals surface area contributed by atoms with Crippen molar-refractivity contribution in [2.75, 3.05) is 0 Å². The molecule has 0 N–H and O–H groups in total. The van der Waals surface area contributed by atoms with Gasteiger partial charge in [-0.25, -0.2) is 4.39 Å². The van der Waals surface area contributed by atoms with Crippen LogP contribution in [-0.2, 0) is 10.1 Å². The smallest absolute Gasteiger partial charge is 0.339 e. The van der Waals surface area contributed by atoms with Gasteiger partial charge in [-0.2, -0.15) is 8.42 Å². The van der Waals surface area contributed by atoms with Crippen molar-refractivity contribution in [3.8, 4) is 5.75 Å². The summed E-state index contributed by atoms with van der Waals surface area (Å²) in [6, 6.07) is 8.90. The van der Waals surface area contributed by atoms with Gasteiger partial charge in [0.05, 0.1) is 0 Å². The highest BCUT2D eigenvalue weighted by Crippen LogP contribution is 2.26. The van der Waals surface area contributed by atoms with E-state index in [4.69, 9.17) is 27.4 Å². The minimum Gasteiger partial charge on any atom is -0.376 e. The lowest BCUT2D eigenvalue weighted by Crippen LogP contribution is -2.10. The van der Waals surface area contributed by atoms with Crippen molar-refractivity contribution in [3.63, 3.8) is 0 Å². The van der Waals surface area contributed by atoms with E-state index in [1.165, 1.54) is 36.4 Å². The molecule has 7 heteroatoms. The Hall–Kier alpha value is -1.30. The summed E-state index contributed by atoms with van der Waals surface area (Å²) in [5.74, 6) is -1.17. The van der Waals surface area contributed by atoms with E-state index in [0.717, 1.165) is 6.07 Å². The zero-order valence-corrected chi connectivity index (χ0v) is 11.6.